The van der Waals surface area contributed by atoms with Crippen LogP contribution >= 0.6 is 0 Å². The second kappa shape index (κ2) is 6.91. The van der Waals surface area contributed by atoms with Gasteiger partial charge in [0.25, 0.3) is 0 Å². The van der Waals surface area contributed by atoms with Gasteiger partial charge >= 0.3 is 0 Å². The van der Waals surface area contributed by atoms with E-state index in [1.54, 1.807) is 6.08 Å². The molecule has 3 heteroatoms. The van der Waals surface area contributed by atoms with Crippen molar-refractivity contribution in [1.29, 1.82) is 10.5 Å². The van der Waals surface area contributed by atoms with Crippen molar-refractivity contribution in [2.75, 3.05) is 0 Å². The normalized spacial score (nSPS) is 9.92. The predicted molar refractivity (Wildman–Crippen MR) is 99.9 cm³/mol. The van der Waals surface area contributed by atoms with Gasteiger partial charge in [-0.15, -0.1) is 0 Å². The molecule has 0 radical (unpaired) electrons. The highest BCUT2D eigenvalue weighted by atomic mass is 15.0. The van der Waals surface area contributed by atoms with Gasteiger partial charge in [0.1, 0.15) is 17.7 Å². The van der Waals surface area contributed by atoms with Crippen molar-refractivity contribution in [3.8, 4) is 29.0 Å². The summed E-state index contributed by atoms with van der Waals surface area (Å²) in [6.45, 7) is 4.02. The molecule has 3 aromatic rings. The molecule has 0 spiro atoms. The molecule has 0 fully saturated rings. The Morgan fingerprint density at radius 2 is 1.48 bits per heavy atom. The third-order valence-corrected chi connectivity index (χ3v) is 4.24. The third kappa shape index (κ3) is 3.22. The third-order valence-electron chi connectivity index (χ3n) is 4.24. The molecule has 0 saturated carbocycles. The minimum absolute atomic E-state index is 0.111. The number of aryl methyl sites for hydroxylation is 1. The molecular formula is C22H17N3. The predicted octanol–water partition coefficient (Wildman–Crippen LogP) is 5.19. The minimum atomic E-state index is 0.111. The fourth-order valence-corrected chi connectivity index (χ4v) is 3.01. The van der Waals surface area contributed by atoms with Crippen LogP contribution in [0.3, 0.4) is 0 Å². The summed E-state index contributed by atoms with van der Waals surface area (Å²) in [7, 11) is 0. The maximum atomic E-state index is 8.96. The molecule has 0 aliphatic rings. The Hall–Kier alpha value is -3.56. The first-order chi connectivity index (χ1) is 12.1. The Morgan fingerprint density at radius 3 is 2.08 bits per heavy atom. The summed E-state index contributed by atoms with van der Waals surface area (Å²) in [6.07, 6.45) is 1.64. The van der Waals surface area contributed by atoms with Crippen LogP contribution in [0, 0.1) is 36.5 Å². The first kappa shape index (κ1) is 16.3. The highest BCUT2D eigenvalue weighted by molar-refractivity contribution is 5.67. The summed E-state index contributed by atoms with van der Waals surface area (Å²) >= 11 is 0. The summed E-state index contributed by atoms with van der Waals surface area (Å²) in [5, 5.41) is 17.9. The smallest absolute Gasteiger partial charge is 0.130 e. The maximum absolute atomic E-state index is 8.96. The van der Waals surface area contributed by atoms with Crippen LogP contribution in [-0.4, -0.2) is 4.57 Å². The molecule has 0 amide bonds. The Morgan fingerprint density at radius 1 is 0.880 bits per heavy atom. The van der Waals surface area contributed by atoms with Crippen LogP contribution in [0.15, 0.2) is 66.2 Å². The fraction of sp³-hybridized carbons (Fsp3) is 0.0909. The van der Waals surface area contributed by atoms with Gasteiger partial charge in [-0.25, -0.2) is 0 Å². The van der Waals surface area contributed by atoms with Crippen molar-refractivity contribution in [1.82, 2.24) is 4.57 Å². The number of nitriles is 2. The zero-order valence-corrected chi connectivity index (χ0v) is 14.2. The Labute approximate surface area is 147 Å². The van der Waals surface area contributed by atoms with Crippen LogP contribution in [0.5, 0.6) is 0 Å². The Bertz CT molecular complexity index is 992. The van der Waals surface area contributed by atoms with Crippen LogP contribution in [-0.2, 0) is 0 Å². The van der Waals surface area contributed by atoms with E-state index in [0.29, 0.717) is 0 Å². The van der Waals surface area contributed by atoms with Gasteiger partial charge in [0.05, 0.1) is 0 Å². The zero-order chi connectivity index (χ0) is 17.8. The average molecular weight is 323 g/mol. The summed E-state index contributed by atoms with van der Waals surface area (Å²) in [5.41, 5.74) is 6.49. The monoisotopic (exact) mass is 323 g/mol. The SMILES string of the molecule is Cc1cc(C=C(C#N)C#N)c(C)n1-c1ccc(-c2ccccc2)cc1. The van der Waals surface area contributed by atoms with Gasteiger partial charge in [-0.1, -0.05) is 42.5 Å². The molecule has 2 aromatic carbocycles. The highest BCUT2D eigenvalue weighted by Gasteiger charge is 2.10. The molecule has 1 aromatic heterocycles. The van der Waals surface area contributed by atoms with Gasteiger partial charge in [-0.05, 0) is 54.8 Å². The van der Waals surface area contributed by atoms with Crippen LogP contribution in [0.2, 0.25) is 0 Å². The van der Waals surface area contributed by atoms with Gasteiger partial charge < -0.3 is 4.57 Å². The van der Waals surface area contributed by atoms with Gasteiger partial charge in [0.2, 0.25) is 0 Å². The average Bonchev–Trinajstić information content (AvgIpc) is 2.94. The van der Waals surface area contributed by atoms with E-state index in [-0.39, 0.29) is 5.57 Å². The number of hydrogen-bond acceptors (Lipinski definition) is 2. The molecule has 0 aliphatic carbocycles. The van der Waals surface area contributed by atoms with Crippen molar-refractivity contribution in [2.45, 2.75) is 13.8 Å². The topological polar surface area (TPSA) is 52.5 Å². The van der Waals surface area contributed by atoms with Crippen LogP contribution in [0.4, 0.5) is 0 Å². The largest absolute Gasteiger partial charge is 0.318 e. The van der Waals surface area contributed by atoms with Crippen LogP contribution in [0.1, 0.15) is 17.0 Å². The molecule has 3 nitrogen and oxygen atoms in total. The maximum Gasteiger partial charge on any atom is 0.130 e. The second-order valence-corrected chi connectivity index (χ2v) is 5.86. The number of rotatable bonds is 3. The fourth-order valence-electron chi connectivity index (χ4n) is 3.01. The first-order valence-corrected chi connectivity index (χ1v) is 8.00. The van der Waals surface area contributed by atoms with E-state index < -0.39 is 0 Å². The summed E-state index contributed by atoms with van der Waals surface area (Å²) in [5.74, 6) is 0. The minimum Gasteiger partial charge on any atom is -0.318 e. The molecule has 3 rings (SSSR count). The van der Waals surface area contributed by atoms with E-state index in [1.807, 2.05) is 50.3 Å². The van der Waals surface area contributed by atoms with Crippen LogP contribution in [0.25, 0.3) is 22.9 Å². The van der Waals surface area contributed by atoms with E-state index in [0.717, 1.165) is 22.6 Å². The lowest BCUT2D eigenvalue weighted by molar-refractivity contribution is 0.965. The van der Waals surface area contributed by atoms with E-state index in [4.69, 9.17) is 10.5 Å². The quantitative estimate of drug-likeness (QED) is 0.623. The molecule has 25 heavy (non-hydrogen) atoms. The van der Waals surface area contributed by atoms with Gasteiger partial charge in [-0.3, -0.25) is 0 Å². The standard InChI is InChI=1S/C22H17N3/c1-16-12-21(13-18(14-23)15-24)17(2)25(16)22-10-8-20(9-11-22)19-6-4-3-5-7-19/h3-13H,1-2H3. The molecule has 120 valence electrons. The van der Waals surface area contributed by atoms with E-state index in [2.05, 4.69) is 41.0 Å². The number of hydrogen-bond donors (Lipinski definition) is 0. The molecule has 0 N–H and O–H groups in total. The van der Waals surface area contributed by atoms with Crippen LogP contribution < -0.4 is 0 Å². The van der Waals surface area contributed by atoms with E-state index >= 15 is 0 Å². The molecule has 0 bridgehead atoms. The van der Waals surface area contributed by atoms with Crippen molar-refractivity contribution >= 4 is 6.08 Å². The van der Waals surface area contributed by atoms with Gasteiger partial charge in [0.15, 0.2) is 0 Å². The second-order valence-electron chi connectivity index (χ2n) is 5.86. The number of aromatic nitrogens is 1. The molecular weight excluding hydrogens is 306 g/mol. The number of benzene rings is 2. The van der Waals surface area contributed by atoms with E-state index in [1.165, 1.54) is 11.1 Å². The molecule has 1 heterocycles. The molecule has 0 unspecified atom stereocenters. The molecule has 0 atom stereocenters. The van der Waals surface area contributed by atoms with Crippen molar-refractivity contribution < 1.29 is 0 Å². The van der Waals surface area contributed by atoms with Crippen molar-refractivity contribution in [3.05, 3.63) is 83.2 Å². The Balaban J connectivity index is 2.01. The van der Waals surface area contributed by atoms with Gasteiger partial charge in [0, 0.05) is 17.1 Å². The lowest BCUT2D eigenvalue weighted by Gasteiger charge is -2.11. The Kier molecular flexibility index (Phi) is 4.50. The number of allylic oxidation sites excluding steroid dienone is 1. The van der Waals surface area contributed by atoms with Crippen molar-refractivity contribution in [3.63, 3.8) is 0 Å². The van der Waals surface area contributed by atoms with Crippen molar-refractivity contribution in [2.24, 2.45) is 0 Å². The zero-order valence-electron chi connectivity index (χ0n) is 14.2. The van der Waals surface area contributed by atoms with E-state index in [9.17, 15) is 0 Å². The molecule has 0 aliphatic heterocycles. The lowest BCUT2D eigenvalue weighted by Crippen LogP contribution is -1.99. The summed E-state index contributed by atoms with van der Waals surface area (Å²) < 4.78 is 2.13. The first-order valence-electron chi connectivity index (χ1n) is 8.00. The summed E-state index contributed by atoms with van der Waals surface area (Å²) in [6, 6.07) is 24.5. The van der Waals surface area contributed by atoms with Gasteiger partial charge in [-0.2, -0.15) is 10.5 Å². The lowest BCUT2D eigenvalue weighted by atomic mass is 10.1. The highest BCUT2D eigenvalue weighted by Crippen LogP contribution is 2.25. The molecule has 0 saturated heterocycles. The number of nitrogens with zero attached hydrogens (tertiary/aromatic N) is 3. The summed E-state index contributed by atoms with van der Waals surface area (Å²) in [4.78, 5) is 0.